The fraction of sp³-hybridized carbons (Fsp3) is 0.571. The molecule has 0 saturated heterocycles. The lowest BCUT2D eigenvalue weighted by atomic mass is 10.3. The Bertz CT molecular complexity index is 181. The zero-order chi connectivity index (χ0) is 9.02. The maximum absolute atomic E-state index is 10.9. The molecule has 11 heavy (non-hydrogen) atoms. The van der Waals surface area contributed by atoms with Crippen LogP contribution in [-0.2, 0) is 9.53 Å². The van der Waals surface area contributed by atoms with Crippen LogP contribution in [0.15, 0.2) is 11.4 Å². The molecule has 0 saturated carbocycles. The Labute approximate surface area is 66.2 Å². The number of carbonyl (C=O) groups is 1. The van der Waals surface area contributed by atoms with E-state index in [4.69, 9.17) is 16.2 Å². The largest absolute Gasteiger partial charge is 0.458 e. The van der Waals surface area contributed by atoms with E-state index in [9.17, 15) is 4.79 Å². The summed E-state index contributed by atoms with van der Waals surface area (Å²) in [5, 5.41) is 0. The Morgan fingerprint density at radius 1 is 1.36 bits per heavy atom. The van der Waals surface area contributed by atoms with E-state index in [1.165, 1.54) is 0 Å². The molecule has 0 rings (SSSR count). The van der Waals surface area contributed by atoms with Crippen LogP contribution >= 0.6 is 0 Å². The second-order valence-electron chi connectivity index (χ2n) is 2.55. The number of rotatable bonds is 2. The van der Waals surface area contributed by atoms with Gasteiger partial charge in [-0.05, 0) is 20.8 Å². The molecule has 4 nitrogen and oxygen atoms in total. The Balaban J connectivity index is 4.17. The maximum Gasteiger partial charge on any atom is 0.356 e. The molecule has 0 amide bonds. The minimum Gasteiger partial charge on any atom is -0.458 e. The van der Waals surface area contributed by atoms with Crippen molar-refractivity contribution in [2.24, 2.45) is 11.5 Å². The number of nitrogens with two attached hydrogens (primary N) is 2. The highest BCUT2D eigenvalue weighted by Crippen LogP contribution is 1.97. The van der Waals surface area contributed by atoms with Crippen molar-refractivity contribution in [3.8, 4) is 0 Å². The highest BCUT2D eigenvalue weighted by Gasteiger charge is 2.09. The van der Waals surface area contributed by atoms with Crippen molar-refractivity contribution in [3.63, 3.8) is 0 Å². The van der Waals surface area contributed by atoms with E-state index in [-0.39, 0.29) is 17.5 Å². The molecule has 0 aromatic carbocycles. The molecular formula is C7H14N2O2. The van der Waals surface area contributed by atoms with E-state index in [1.807, 2.05) is 0 Å². The molecule has 0 fully saturated rings. The molecule has 0 aromatic heterocycles. The number of hydrogen-bond acceptors (Lipinski definition) is 4. The van der Waals surface area contributed by atoms with Gasteiger partial charge in [0.25, 0.3) is 0 Å². The van der Waals surface area contributed by atoms with Gasteiger partial charge in [0.2, 0.25) is 0 Å². The summed E-state index contributed by atoms with van der Waals surface area (Å²) in [6.45, 7) is 5.05. The van der Waals surface area contributed by atoms with Gasteiger partial charge in [-0.15, -0.1) is 0 Å². The van der Waals surface area contributed by atoms with Gasteiger partial charge in [0.05, 0.1) is 6.10 Å². The van der Waals surface area contributed by atoms with Gasteiger partial charge in [-0.1, -0.05) is 0 Å². The molecule has 0 unspecified atom stereocenters. The number of hydrogen-bond donors (Lipinski definition) is 2. The highest BCUT2D eigenvalue weighted by atomic mass is 16.5. The van der Waals surface area contributed by atoms with Crippen LogP contribution in [0.3, 0.4) is 0 Å². The van der Waals surface area contributed by atoms with Crippen molar-refractivity contribution in [2.75, 3.05) is 0 Å². The van der Waals surface area contributed by atoms with E-state index in [0.29, 0.717) is 0 Å². The average Bonchev–Trinajstić information content (AvgIpc) is 1.84. The normalized spacial score (nSPS) is 12.7. The molecule has 64 valence electrons. The van der Waals surface area contributed by atoms with Gasteiger partial charge in [0.1, 0.15) is 5.70 Å². The summed E-state index contributed by atoms with van der Waals surface area (Å²) < 4.78 is 4.77. The Morgan fingerprint density at radius 3 is 2.09 bits per heavy atom. The molecule has 4 N–H and O–H groups in total. The smallest absolute Gasteiger partial charge is 0.356 e. The van der Waals surface area contributed by atoms with Gasteiger partial charge in [0, 0.05) is 5.70 Å². The Morgan fingerprint density at radius 2 is 1.82 bits per heavy atom. The third-order valence-electron chi connectivity index (χ3n) is 0.987. The first-order valence-electron chi connectivity index (χ1n) is 3.38. The number of ether oxygens (including phenoxy) is 1. The van der Waals surface area contributed by atoms with Crippen molar-refractivity contribution in [1.82, 2.24) is 0 Å². The molecule has 0 aromatic rings. The summed E-state index contributed by atoms with van der Waals surface area (Å²) in [4.78, 5) is 10.9. The van der Waals surface area contributed by atoms with Crippen molar-refractivity contribution in [2.45, 2.75) is 26.9 Å². The lowest BCUT2D eigenvalue weighted by Gasteiger charge is -2.08. The van der Waals surface area contributed by atoms with Crippen LogP contribution in [-0.4, -0.2) is 12.1 Å². The van der Waals surface area contributed by atoms with Gasteiger partial charge in [-0.25, -0.2) is 4.79 Å². The fourth-order valence-electron chi connectivity index (χ4n) is 0.439. The van der Waals surface area contributed by atoms with E-state index in [2.05, 4.69) is 0 Å². The summed E-state index contributed by atoms with van der Waals surface area (Å²) in [5.74, 6) is -0.556. The van der Waals surface area contributed by atoms with Crippen molar-refractivity contribution in [3.05, 3.63) is 11.4 Å². The molecular weight excluding hydrogens is 144 g/mol. The van der Waals surface area contributed by atoms with Crippen molar-refractivity contribution >= 4 is 5.97 Å². The van der Waals surface area contributed by atoms with Crippen molar-refractivity contribution < 1.29 is 9.53 Å². The molecule has 0 spiro atoms. The SMILES string of the molecule is C/C(N)=C(\N)C(=O)OC(C)C. The van der Waals surface area contributed by atoms with Gasteiger partial charge >= 0.3 is 5.97 Å². The van der Waals surface area contributed by atoms with Gasteiger partial charge < -0.3 is 16.2 Å². The summed E-state index contributed by atoms with van der Waals surface area (Å²) >= 11 is 0. The van der Waals surface area contributed by atoms with Crippen LogP contribution in [0.4, 0.5) is 0 Å². The lowest BCUT2D eigenvalue weighted by molar-refractivity contribution is -0.142. The van der Waals surface area contributed by atoms with Crippen LogP contribution in [0, 0.1) is 0 Å². The summed E-state index contributed by atoms with van der Waals surface area (Å²) in [7, 11) is 0. The lowest BCUT2D eigenvalue weighted by Crippen LogP contribution is -2.22. The minimum absolute atomic E-state index is 0.0151. The third-order valence-corrected chi connectivity index (χ3v) is 0.987. The molecule has 0 atom stereocenters. The third kappa shape index (κ3) is 3.50. The minimum atomic E-state index is -0.556. The standard InChI is InChI=1S/C7H14N2O2/c1-4(2)11-7(10)6(9)5(3)8/h4H,8-9H2,1-3H3/b6-5+. The molecule has 4 heteroatoms. The first kappa shape index (κ1) is 9.81. The van der Waals surface area contributed by atoms with Crippen LogP contribution in [0.2, 0.25) is 0 Å². The number of esters is 1. The topological polar surface area (TPSA) is 78.3 Å². The van der Waals surface area contributed by atoms with E-state index in [0.717, 1.165) is 0 Å². The van der Waals surface area contributed by atoms with Crippen LogP contribution in [0.25, 0.3) is 0 Å². The van der Waals surface area contributed by atoms with Crippen LogP contribution in [0.1, 0.15) is 20.8 Å². The summed E-state index contributed by atoms with van der Waals surface area (Å²) in [6, 6.07) is 0. The fourth-order valence-corrected chi connectivity index (χ4v) is 0.439. The zero-order valence-corrected chi connectivity index (χ0v) is 7.05. The quantitative estimate of drug-likeness (QED) is 0.441. The molecule has 0 radical (unpaired) electrons. The summed E-state index contributed by atoms with van der Waals surface area (Å²) in [6.07, 6.45) is -0.166. The molecule has 0 aliphatic carbocycles. The predicted molar refractivity (Wildman–Crippen MR) is 42.3 cm³/mol. The second kappa shape index (κ2) is 3.85. The first-order chi connectivity index (χ1) is 4.95. The van der Waals surface area contributed by atoms with Gasteiger partial charge in [-0.2, -0.15) is 0 Å². The van der Waals surface area contributed by atoms with E-state index >= 15 is 0 Å². The zero-order valence-electron chi connectivity index (χ0n) is 7.05. The van der Waals surface area contributed by atoms with E-state index < -0.39 is 5.97 Å². The van der Waals surface area contributed by atoms with Crippen molar-refractivity contribution in [1.29, 1.82) is 0 Å². The monoisotopic (exact) mass is 158 g/mol. The maximum atomic E-state index is 10.9. The molecule has 0 bridgehead atoms. The van der Waals surface area contributed by atoms with E-state index in [1.54, 1.807) is 20.8 Å². The number of allylic oxidation sites excluding steroid dienone is 1. The van der Waals surface area contributed by atoms with Gasteiger partial charge in [-0.3, -0.25) is 0 Å². The first-order valence-corrected chi connectivity index (χ1v) is 3.38. The van der Waals surface area contributed by atoms with Crippen LogP contribution < -0.4 is 11.5 Å². The molecule has 0 aliphatic rings. The van der Waals surface area contributed by atoms with Gasteiger partial charge in [0.15, 0.2) is 0 Å². The Hall–Kier alpha value is -1.19. The second-order valence-corrected chi connectivity index (χ2v) is 2.55. The molecule has 0 aliphatic heterocycles. The predicted octanol–water partition coefficient (Wildman–Crippen LogP) is 0.0869. The van der Waals surface area contributed by atoms with Crippen LogP contribution in [0.5, 0.6) is 0 Å². The highest BCUT2D eigenvalue weighted by molar-refractivity contribution is 5.88. The average molecular weight is 158 g/mol. The summed E-state index contributed by atoms with van der Waals surface area (Å²) in [5.41, 5.74) is 10.8. The molecule has 0 heterocycles. The number of carbonyl (C=O) groups excluding carboxylic acids is 1. The Kier molecular flexibility index (Phi) is 3.44.